The van der Waals surface area contributed by atoms with Crippen molar-refractivity contribution in [1.82, 2.24) is 4.72 Å². The van der Waals surface area contributed by atoms with Crippen molar-refractivity contribution < 1.29 is 17.9 Å². The summed E-state index contributed by atoms with van der Waals surface area (Å²) in [5.41, 5.74) is -1.40. The van der Waals surface area contributed by atoms with Gasteiger partial charge in [-0.05, 0) is 36.6 Å². The van der Waals surface area contributed by atoms with Gasteiger partial charge in [0.2, 0.25) is 10.0 Å². The number of halogens is 1. The fraction of sp³-hybridized carbons (Fsp3) is 0.176. The van der Waals surface area contributed by atoms with E-state index in [2.05, 4.69) is 4.72 Å². The smallest absolute Gasteiger partial charge is 0.243 e. The number of sulfonamides is 1. The lowest BCUT2D eigenvalue weighted by atomic mass is 10.1. The van der Waals surface area contributed by atoms with Crippen LogP contribution in [0.25, 0.3) is 10.1 Å². The molecule has 0 fully saturated rings. The zero-order valence-electron chi connectivity index (χ0n) is 12.9. The van der Waals surface area contributed by atoms with Crippen LogP contribution < -0.4 is 4.72 Å². The molecule has 0 aliphatic carbocycles. The average Bonchev–Trinajstić information content (AvgIpc) is 2.98. The summed E-state index contributed by atoms with van der Waals surface area (Å²) in [6.45, 7) is 1.28. The lowest BCUT2D eigenvalue weighted by molar-refractivity contribution is 0.0666. The third-order valence-electron chi connectivity index (χ3n) is 3.69. The number of thiophene rings is 1. The topological polar surface area (TPSA) is 66.4 Å². The number of fused-ring (bicyclic) bond motifs is 1. The predicted molar refractivity (Wildman–Crippen MR) is 93.0 cm³/mol. The predicted octanol–water partition coefficient (Wildman–Crippen LogP) is 3.23. The Hall–Kier alpha value is -1.80. The average molecular weight is 365 g/mol. The summed E-state index contributed by atoms with van der Waals surface area (Å²) in [5.74, 6) is -0.827. The summed E-state index contributed by atoms with van der Waals surface area (Å²) in [5, 5.41) is 11.6. The summed E-state index contributed by atoms with van der Waals surface area (Å²) in [6.07, 6.45) is 0. The van der Waals surface area contributed by atoms with Crippen molar-refractivity contribution in [3.05, 3.63) is 65.3 Å². The molecule has 1 atom stereocenters. The summed E-state index contributed by atoms with van der Waals surface area (Å²) >= 11 is 1.39. The summed E-state index contributed by atoms with van der Waals surface area (Å²) < 4.78 is 41.5. The molecular formula is C17H16FNO3S2. The summed E-state index contributed by atoms with van der Waals surface area (Å²) in [6, 6.07) is 14.6. The standard InChI is InChI=1S/C17H16FNO3S2/c1-17(20,16-10-12-6-2-4-8-14(12)23-16)11-19-24(21,22)15-9-5-3-7-13(15)18/h2-10,19-20H,11H2,1H3/t17-/m1/s1. The number of hydrogen-bond donors (Lipinski definition) is 2. The van der Waals surface area contributed by atoms with E-state index in [1.54, 1.807) is 0 Å². The van der Waals surface area contributed by atoms with Crippen LogP contribution in [-0.4, -0.2) is 20.1 Å². The molecule has 1 heterocycles. The van der Waals surface area contributed by atoms with E-state index >= 15 is 0 Å². The highest BCUT2D eigenvalue weighted by molar-refractivity contribution is 7.89. The SMILES string of the molecule is C[C@@](O)(CNS(=O)(=O)c1ccccc1F)c1cc2ccccc2s1. The maximum absolute atomic E-state index is 13.7. The van der Waals surface area contributed by atoms with Gasteiger partial charge < -0.3 is 5.11 Å². The van der Waals surface area contributed by atoms with Gasteiger partial charge in [0.15, 0.2) is 0 Å². The van der Waals surface area contributed by atoms with Gasteiger partial charge in [0, 0.05) is 16.1 Å². The second-order valence-electron chi connectivity index (χ2n) is 5.68. The molecule has 3 aromatic rings. The second kappa shape index (κ2) is 6.25. The first-order valence-electron chi connectivity index (χ1n) is 7.25. The first kappa shape index (κ1) is 17.0. The van der Waals surface area contributed by atoms with Crippen LogP contribution in [0, 0.1) is 5.82 Å². The molecule has 126 valence electrons. The van der Waals surface area contributed by atoms with Crippen LogP contribution >= 0.6 is 11.3 Å². The Kier molecular flexibility index (Phi) is 4.44. The Morgan fingerprint density at radius 3 is 2.54 bits per heavy atom. The molecule has 0 saturated carbocycles. The molecule has 0 aliphatic rings. The van der Waals surface area contributed by atoms with Crippen LogP contribution in [0.1, 0.15) is 11.8 Å². The summed E-state index contributed by atoms with van der Waals surface area (Å²) in [7, 11) is -4.04. The highest BCUT2D eigenvalue weighted by atomic mass is 32.2. The molecule has 0 radical (unpaired) electrons. The first-order valence-corrected chi connectivity index (χ1v) is 9.55. The Labute approximate surface area is 143 Å². The number of aliphatic hydroxyl groups is 1. The molecule has 0 amide bonds. The van der Waals surface area contributed by atoms with Gasteiger partial charge in [0.25, 0.3) is 0 Å². The van der Waals surface area contributed by atoms with Gasteiger partial charge in [-0.15, -0.1) is 11.3 Å². The fourth-order valence-corrected chi connectivity index (χ4v) is 4.63. The highest BCUT2D eigenvalue weighted by Gasteiger charge is 2.29. The lowest BCUT2D eigenvalue weighted by Gasteiger charge is -2.22. The van der Waals surface area contributed by atoms with Gasteiger partial charge in [-0.1, -0.05) is 30.3 Å². The highest BCUT2D eigenvalue weighted by Crippen LogP contribution is 2.33. The lowest BCUT2D eigenvalue weighted by Crippen LogP contribution is -2.38. The van der Waals surface area contributed by atoms with Crippen LogP contribution in [-0.2, 0) is 15.6 Å². The number of rotatable bonds is 5. The van der Waals surface area contributed by atoms with Gasteiger partial charge >= 0.3 is 0 Å². The largest absolute Gasteiger partial charge is 0.383 e. The zero-order valence-corrected chi connectivity index (χ0v) is 14.5. The second-order valence-corrected chi connectivity index (χ2v) is 8.50. The molecule has 0 spiro atoms. The van der Waals surface area contributed by atoms with E-state index in [9.17, 15) is 17.9 Å². The zero-order chi connectivity index (χ0) is 17.4. The summed E-state index contributed by atoms with van der Waals surface area (Å²) in [4.78, 5) is 0.206. The molecule has 24 heavy (non-hydrogen) atoms. The third-order valence-corrected chi connectivity index (χ3v) is 6.49. The molecule has 3 rings (SSSR count). The van der Waals surface area contributed by atoms with E-state index in [0.29, 0.717) is 4.88 Å². The Bertz CT molecular complexity index is 947. The quantitative estimate of drug-likeness (QED) is 0.730. The minimum atomic E-state index is -4.04. The van der Waals surface area contributed by atoms with E-state index in [4.69, 9.17) is 0 Å². The van der Waals surface area contributed by atoms with E-state index in [0.717, 1.165) is 16.2 Å². The van der Waals surface area contributed by atoms with E-state index < -0.39 is 26.3 Å². The van der Waals surface area contributed by atoms with Gasteiger partial charge in [-0.3, -0.25) is 0 Å². The molecule has 0 bridgehead atoms. The minimum absolute atomic E-state index is 0.253. The molecule has 0 unspecified atom stereocenters. The number of nitrogens with one attached hydrogen (secondary N) is 1. The van der Waals surface area contributed by atoms with Crippen LogP contribution in [0.4, 0.5) is 4.39 Å². The Morgan fingerprint density at radius 2 is 1.83 bits per heavy atom. The number of hydrogen-bond acceptors (Lipinski definition) is 4. The van der Waals surface area contributed by atoms with Crippen LogP contribution in [0.3, 0.4) is 0 Å². The Balaban J connectivity index is 1.83. The third kappa shape index (κ3) is 3.34. The van der Waals surface area contributed by atoms with Crippen LogP contribution in [0.2, 0.25) is 0 Å². The fourth-order valence-electron chi connectivity index (χ4n) is 2.31. The molecule has 2 aromatic carbocycles. The van der Waals surface area contributed by atoms with E-state index in [-0.39, 0.29) is 6.54 Å². The minimum Gasteiger partial charge on any atom is -0.383 e. The van der Waals surface area contributed by atoms with Gasteiger partial charge in [-0.25, -0.2) is 17.5 Å². The van der Waals surface area contributed by atoms with Crippen molar-refractivity contribution in [3.63, 3.8) is 0 Å². The van der Waals surface area contributed by atoms with Crippen molar-refractivity contribution in [2.45, 2.75) is 17.4 Å². The Morgan fingerprint density at radius 1 is 1.17 bits per heavy atom. The first-order chi connectivity index (χ1) is 11.3. The molecule has 7 heteroatoms. The van der Waals surface area contributed by atoms with Crippen molar-refractivity contribution >= 4 is 31.4 Å². The normalized spacial score (nSPS) is 14.6. The molecule has 4 nitrogen and oxygen atoms in total. The molecular weight excluding hydrogens is 349 g/mol. The molecule has 2 N–H and O–H groups in total. The van der Waals surface area contributed by atoms with Gasteiger partial charge in [0.05, 0.1) is 0 Å². The molecule has 0 saturated heterocycles. The van der Waals surface area contributed by atoms with E-state index in [1.165, 1.54) is 36.5 Å². The van der Waals surface area contributed by atoms with E-state index in [1.807, 2.05) is 30.3 Å². The maximum Gasteiger partial charge on any atom is 0.243 e. The van der Waals surface area contributed by atoms with Crippen molar-refractivity contribution in [1.29, 1.82) is 0 Å². The van der Waals surface area contributed by atoms with Gasteiger partial charge in [-0.2, -0.15) is 0 Å². The molecule has 0 aliphatic heterocycles. The van der Waals surface area contributed by atoms with Crippen molar-refractivity contribution in [2.75, 3.05) is 6.54 Å². The maximum atomic E-state index is 13.7. The van der Waals surface area contributed by atoms with Crippen LogP contribution in [0.5, 0.6) is 0 Å². The van der Waals surface area contributed by atoms with Crippen molar-refractivity contribution in [3.8, 4) is 0 Å². The van der Waals surface area contributed by atoms with Crippen molar-refractivity contribution in [2.24, 2.45) is 0 Å². The molecule has 1 aromatic heterocycles. The monoisotopic (exact) mass is 365 g/mol. The number of benzene rings is 2. The van der Waals surface area contributed by atoms with Crippen LogP contribution in [0.15, 0.2) is 59.5 Å². The van der Waals surface area contributed by atoms with Gasteiger partial charge in [0.1, 0.15) is 16.3 Å².